The molecule has 1 atom stereocenters. The largest absolute Gasteiger partial charge is 0.445 e. The molecule has 1 aliphatic heterocycles. The number of nitrogens with zero attached hydrogens (tertiary/aromatic N) is 1. The van der Waals surface area contributed by atoms with Gasteiger partial charge < -0.3 is 15.4 Å². The summed E-state index contributed by atoms with van der Waals surface area (Å²) < 4.78 is 5.26. The van der Waals surface area contributed by atoms with Crippen molar-refractivity contribution >= 4 is 6.09 Å². The van der Waals surface area contributed by atoms with E-state index in [4.69, 9.17) is 10.5 Å². The van der Waals surface area contributed by atoms with Gasteiger partial charge in [0.25, 0.3) is 0 Å². The van der Waals surface area contributed by atoms with Crippen LogP contribution in [0.15, 0.2) is 30.3 Å². The number of carbonyl (C=O) groups is 1. The van der Waals surface area contributed by atoms with Gasteiger partial charge in [-0.2, -0.15) is 0 Å². The number of hydrogen-bond donors (Lipinski definition) is 1. The van der Waals surface area contributed by atoms with E-state index in [-0.39, 0.29) is 11.6 Å². The fraction of sp³-hybridized carbons (Fsp3) is 0.462. The lowest BCUT2D eigenvalue weighted by Crippen LogP contribution is -2.63. The lowest BCUT2D eigenvalue weighted by atomic mass is 9.87. The van der Waals surface area contributed by atoms with E-state index < -0.39 is 0 Å². The van der Waals surface area contributed by atoms with Crippen LogP contribution in [-0.4, -0.2) is 29.6 Å². The summed E-state index contributed by atoms with van der Waals surface area (Å²) in [7, 11) is 0. The topological polar surface area (TPSA) is 55.6 Å². The molecule has 0 aromatic heterocycles. The quantitative estimate of drug-likeness (QED) is 0.866. The van der Waals surface area contributed by atoms with E-state index in [1.807, 2.05) is 37.3 Å². The van der Waals surface area contributed by atoms with E-state index in [1.54, 1.807) is 4.90 Å². The molecule has 1 unspecified atom stereocenters. The van der Waals surface area contributed by atoms with E-state index in [2.05, 4.69) is 0 Å². The maximum Gasteiger partial charge on any atom is 0.410 e. The van der Waals surface area contributed by atoms with Crippen LogP contribution in [0.3, 0.4) is 0 Å². The molecule has 1 fully saturated rings. The lowest BCUT2D eigenvalue weighted by molar-refractivity contribution is -0.00184. The van der Waals surface area contributed by atoms with Gasteiger partial charge in [0.1, 0.15) is 6.61 Å². The third-order valence-corrected chi connectivity index (χ3v) is 3.39. The van der Waals surface area contributed by atoms with Crippen molar-refractivity contribution in [1.82, 2.24) is 4.90 Å². The Morgan fingerprint density at radius 1 is 1.47 bits per heavy atom. The molecule has 0 spiro atoms. The average molecular weight is 234 g/mol. The molecule has 4 heteroatoms. The first-order valence-corrected chi connectivity index (χ1v) is 5.84. The van der Waals surface area contributed by atoms with Gasteiger partial charge in [0, 0.05) is 13.1 Å². The standard InChI is InChI=1S/C13H18N2O2/c1-13(10-14)7-8-15(13)12(16)17-9-11-5-3-2-4-6-11/h2-6H,7-10,14H2,1H3. The van der Waals surface area contributed by atoms with Crippen molar-refractivity contribution in [3.05, 3.63) is 35.9 Å². The summed E-state index contributed by atoms with van der Waals surface area (Å²) in [5, 5.41) is 0. The van der Waals surface area contributed by atoms with Crippen LogP contribution in [0.1, 0.15) is 18.9 Å². The van der Waals surface area contributed by atoms with Gasteiger partial charge in [0.05, 0.1) is 5.54 Å². The number of likely N-dealkylation sites (tertiary alicyclic amines) is 1. The number of nitrogens with two attached hydrogens (primary N) is 1. The number of rotatable bonds is 3. The summed E-state index contributed by atoms with van der Waals surface area (Å²) in [5.41, 5.74) is 6.44. The summed E-state index contributed by atoms with van der Waals surface area (Å²) in [5.74, 6) is 0. The predicted molar refractivity (Wildman–Crippen MR) is 65.4 cm³/mol. The van der Waals surface area contributed by atoms with Gasteiger partial charge in [-0.05, 0) is 18.9 Å². The Hall–Kier alpha value is -1.55. The zero-order valence-corrected chi connectivity index (χ0v) is 10.1. The highest BCUT2D eigenvalue weighted by atomic mass is 16.6. The molecule has 1 aromatic rings. The molecule has 1 aromatic carbocycles. The van der Waals surface area contributed by atoms with Crippen molar-refractivity contribution in [1.29, 1.82) is 0 Å². The Balaban J connectivity index is 1.86. The van der Waals surface area contributed by atoms with E-state index in [0.29, 0.717) is 13.2 Å². The Bertz CT molecular complexity index is 390. The summed E-state index contributed by atoms with van der Waals surface area (Å²) in [6.07, 6.45) is 0.678. The molecule has 0 radical (unpaired) electrons. The maximum absolute atomic E-state index is 11.8. The van der Waals surface area contributed by atoms with Gasteiger partial charge in [-0.15, -0.1) is 0 Å². The number of hydrogen-bond acceptors (Lipinski definition) is 3. The molecule has 1 amide bonds. The van der Waals surface area contributed by atoms with Crippen LogP contribution < -0.4 is 5.73 Å². The first kappa shape index (κ1) is 11.9. The van der Waals surface area contributed by atoms with Crippen LogP contribution in [0.4, 0.5) is 4.79 Å². The van der Waals surface area contributed by atoms with Gasteiger partial charge in [-0.25, -0.2) is 4.79 Å². The van der Waals surface area contributed by atoms with Crippen molar-refractivity contribution in [3.8, 4) is 0 Å². The highest BCUT2D eigenvalue weighted by Crippen LogP contribution is 2.29. The number of carbonyl (C=O) groups excluding carboxylic acids is 1. The normalized spacial score (nSPS) is 23.1. The second-order valence-corrected chi connectivity index (χ2v) is 4.64. The third-order valence-electron chi connectivity index (χ3n) is 3.39. The first-order chi connectivity index (χ1) is 8.15. The van der Waals surface area contributed by atoms with Crippen molar-refractivity contribution in [2.45, 2.75) is 25.5 Å². The van der Waals surface area contributed by atoms with Crippen molar-refractivity contribution in [2.24, 2.45) is 5.73 Å². The number of benzene rings is 1. The summed E-state index contributed by atoms with van der Waals surface area (Å²) in [6.45, 7) is 3.52. The first-order valence-electron chi connectivity index (χ1n) is 5.84. The molecule has 17 heavy (non-hydrogen) atoms. The van der Waals surface area contributed by atoms with E-state index in [1.165, 1.54) is 0 Å². The zero-order chi connectivity index (χ0) is 12.3. The molecule has 1 heterocycles. The van der Waals surface area contributed by atoms with E-state index in [9.17, 15) is 4.79 Å². The minimum atomic E-state index is -0.270. The molecular weight excluding hydrogens is 216 g/mol. The fourth-order valence-corrected chi connectivity index (χ4v) is 1.93. The van der Waals surface area contributed by atoms with Gasteiger partial charge in [0.15, 0.2) is 0 Å². The molecule has 0 saturated carbocycles. The Labute approximate surface area is 101 Å². The Kier molecular flexibility index (Phi) is 3.33. The lowest BCUT2D eigenvalue weighted by Gasteiger charge is -2.49. The minimum Gasteiger partial charge on any atom is -0.445 e. The van der Waals surface area contributed by atoms with Crippen LogP contribution in [0.5, 0.6) is 0 Å². The highest BCUT2D eigenvalue weighted by molar-refractivity contribution is 5.70. The van der Waals surface area contributed by atoms with Gasteiger partial charge in [0.2, 0.25) is 0 Å². The van der Waals surface area contributed by atoms with Crippen molar-refractivity contribution in [3.63, 3.8) is 0 Å². The molecule has 2 rings (SSSR count). The summed E-state index contributed by atoms with van der Waals surface area (Å²) in [6, 6.07) is 9.66. The smallest absolute Gasteiger partial charge is 0.410 e. The summed E-state index contributed by atoms with van der Waals surface area (Å²) >= 11 is 0. The zero-order valence-electron chi connectivity index (χ0n) is 10.1. The van der Waals surface area contributed by atoms with Gasteiger partial charge in [-0.3, -0.25) is 0 Å². The molecule has 0 aliphatic carbocycles. The number of amides is 1. The van der Waals surface area contributed by atoms with E-state index >= 15 is 0 Å². The second-order valence-electron chi connectivity index (χ2n) is 4.64. The second kappa shape index (κ2) is 4.75. The molecule has 0 bridgehead atoms. The monoisotopic (exact) mass is 234 g/mol. The molecule has 4 nitrogen and oxygen atoms in total. The fourth-order valence-electron chi connectivity index (χ4n) is 1.93. The molecule has 2 N–H and O–H groups in total. The SMILES string of the molecule is CC1(CN)CCN1C(=O)OCc1ccccc1. The van der Waals surface area contributed by atoms with Gasteiger partial charge >= 0.3 is 6.09 Å². The molecular formula is C13H18N2O2. The highest BCUT2D eigenvalue weighted by Gasteiger charge is 2.43. The van der Waals surface area contributed by atoms with Crippen LogP contribution in [0.2, 0.25) is 0 Å². The van der Waals surface area contributed by atoms with Crippen molar-refractivity contribution in [2.75, 3.05) is 13.1 Å². The van der Waals surface area contributed by atoms with Crippen LogP contribution in [0.25, 0.3) is 0 Å². The Morgan fingerprint density at radius 3 is 2.71 bits per heavy atom. The summed E-state index contributed by atoms with van der Waals surface area (Å²) in [4.78, 5) is 13.5. The van der Waals surface area contributed by atoms with Crippen LogP contribution in [0, 0.1) is 0 Å². The van der Waals surface area contributed by atoms with Gasteiger partial charge in [-0.1, -0.05) is 30.3 Å². The van der Waals surface area contributed by atoms with Crippen LogP contribution in [-0.2, 0) is 11.3 Å². The average Bonchev–Trinajstić information content (AvgIpc) is 2.35. The van der Waals surface area contributed by atoms with Crippen LogP contribution >= 0.6 is 0 Å². The van der Waals surface area contributed by atoms with Crippen molar-refractivity contribution < 1.29 is 9.53 Å². The molecule has 1 aliphatic rings. The minimum absolute atomic E-state index is 0.215. The third kappa shape index (κ3) is 2.42. The molecule has 92 valence electrons. The maximum atomic E-state index is 11.8. The predicted octanol–water partition coefficient (Wildman–Crippen LogP) is 1.75. The number of ether oxygens (including phenoxy) is 1. The molecule has 1 saturated heterocycles. The van der Waals surface area contributed by atoms with E-state index in [0.717, 1.165) is 18.5 Å². The Morgan fingerprint density at radius 2 is 2.18 bits per heavy atom.